The molecular formula is C41H79N5O9S. The fourth-order valence-electron chi connectivity index (χ4n) is 5.37. The summed E-state index contributed by atoms with van der Waals surface area (Å²) in [4.78, 5) is 24.0. The Morgan fingerprint density at radius 1 is 0.768 bits per heavy atom. The molecule has 0 aromatic carbocycles. The fourth-order valence-corrected chi connectivity index (χ4v) is 6.01. The Morgan fingerprint density at radius 3 is 1.88 bits per heavy atom. The van der Waals surface area contributed by atoms with Crippen molar-refractivity contribution in [3.05, 3.63) is 11.9 Å². The van der Waals surface area contributed by atoms with Gasteiger partial charge in [-0.15, -0.1) is 11.8 Å². The standard InChI is InChI=1S/C41H79N5O9S/c1-3-4-5-6-7-8-9-10-11-12-13-14-15-16-17-18-19-20-21-22-23-39(49)45-32-37(42)33-46(43)25-26-52-27-28-53-29-30-54-35-40(50)44-24-31-56-41(51)55-38(34-47)36(2)48/h33,36,38,41,47-48,51H,3-13,16-32,34-35,42-43H2,1-2H3,(H,44,50)(H,45,49)/b37-33-/t36-,38?,41?/m0/s1. The molecule has 56 heavy (non-hydrogen) atoms. The molecule has 0 rings (SSSR count). The zero-order valence-corrected chi connectivity index (χ0v) is 35.6. The van der Waals surface area contributed by atoms with Crippen LogP contribution in [-0.2, 0) is 28.5 Å². The number of carbonyl (C=O) groups is 2. The third-order valence-corrected chi connectivity index (χ3v) is 9.56. The van der Waals surface area contributed by atoms with E-state index in [1.807, 2.05) is 0 Å². The quantitative estimate of drug-likeness (QED) is 0.0150. The van der Waals surface area contributed by atoms with Gasteiger partial charge in [-0.1, -0.05) is 102 Å². The number of ether oxygens (including phenoxy) is 4. The van der Waals surface area contributed by atoms with Gasteiger partial charge in [0, 0.05) is 43.5 Å². The third-order valence-electron chi connectivity index (χ3n) is 8.72. The predicted molar refractivity (Wildman–Crippen MR) is 225 cm³/mol. The van der Waals surface area contributed by atoms with E-state index in [9.17, 15) is 19.8 Å². The molecular weight excluding hydrogens is 739 g/mol. The molecule has 0 aromatic rings. The van der Waals surface area contributed by atoms with Crippen molar-refractivity contribution < 1.29 is 43.9 Å². The number of thioether (sulfide) groups is 1. The maximum absolute atomic E-state index is 12.2. The van der Waals surface area contributed by atoms with Gasteiger partial charge in [-0.05, 0) is 26.2 Å². The zero-order chi connectivity index (χ0) is 41.3. The van der Waals surface area contributed by atoms with Crippen LogP contribution in [0.2, 0.25) is 0 Å². The molecule has 328 valence electrons. The van der Waals surface area contributed by atoms with Gasteiger partial charge in [0.05, 0.1) is 58.8 Å². The topological polar surface area (TPSA) is 211 Å². The molecule has 14 nitrogen and oxygen atoms in total. The van der Waals surface area contributed by atoms with Gasteiger partial charge >= 0.3 is 0 Å². The predicted octanol–water partition coefficient (Wildman–Crippen LogP) is 4.45. The number of amides is 2. The lowest BCUT2D eigenvalue weighted by atomic mass is 10.1. The summed E-state index contributed by atoms with van der Waals surface area (Å²) < 4.78 is 21.3. The normalized spacial score (nSPS) is 13.1. The Hall–Kier alpha value is -2.13. The highest BCUT2D eigenvalue weighted by atomic mass is 32.2. The minimum atomic E-state index is -1.22. The maximum Gasteiger partial charge on any atom is 0.246 e. The Balaban J connectivity index is 3.58. The molecule has 3 atom stereocenters. The molecule has 0 bridgehead atoms. The third kappa shape index (κ3) is 38.7. The van der Waals surface area contributed by atoms with Crippen molar-refractivity contribution in [3.63, 3.8) is 0 Å². The Bertz CT molecular complexity index is 1020. The summed E-state index contributed by atoms with van der Waals surface area (Å²) in [6.45, 7) is 5.74. The van der Waals surface area contributed by atoms with Gasteiger partial charge in [0.25, 0.3) is 0 Å². The van der Waals surface area contributed by atoms with Crippen LogP contribution < -0.4 is 22.2 Å². The summed E-state index contributed by atoms with van der Waals surface area (Å²) in [6.07, 6.45) is 22.5. The minimum Gasteiger partial charge on any atom is -0.399 e. The van der Waals surface area contributed by atoms with Crippen LogP contribution in [0, 0.1) is 11.8 Å². The van der Waals surface area contributed by atoms with E-state index >= 15 is 0 Å². The average Bonchev–Trinajstić information content (AvgIpc) is 3.17. The first-order valence-corrected chi connectivity index (χ1v) is 22.2. The molecule has 2 amide bonds. The number of unbranched alkanes of at least 4 members (excludes halogenated alkanes) is 16. The van der Waals surface area contributed by atoms with E-state index < -0.39 is 24.4 Å². The maximum atomic E-state index is 12.2. The molecule has 0 aromatic heterocycles. The molecule has 0 aliphatic rings. The highest BCUT2D eigenvalue weighted by molar-refractivity contribution is 7.99. The highest BCUT2D eigenvalue weighted by Gasteiger charge is 2.19. The van der Waals surface area contributed by atoms with Crippen LogP contribution in [0.3, 0.4) is 0 Å². The van der Waals surface area contributed by atoms with Crippen molar-refractivity contribution in [2.75, 3.05) is 71.6 Å². The fraction of sp³-hybridized carbons (Fsp3) is 0.854. The van der Waals surface area contributed by atoms with E-state index in [-0.39, 0.29) is 38.1 Å². The second kappa shape index (κ2) is 41.0. The van der Waals surface area contributed by atoms with Crippen molar-refractivity contribution in [2.24, 2.45) is 11.6 Å². The Morgan fingerprint density at radius 2 is 1.30 bits per heavy atom. The van der Waals surface area contributed by atoms with Gasteiger partial charge in [-0.2, -0.15) is 0 Å². The number of hydrazine groups is 1. The number of hydrogen-bond acceptors (Lipinski definition) is 13. The van der Waals surface area contributed by atoms with Crippen molar-refractivity contribution in [3.8, 4) is 11.8 Å². The van der Waals surface area contributed by atoms with Crippen LogP contribution in [0.5, 0.6) is 0 Å². The van der Waals surface area contributed by atoms with E-state index in [1.54, 1.807) is 6.20 Å². The van der Waals surface area contributed by atoms with E-state index in [0.29, 0.717) is 50.8 Å². The number of nitrogens with one attached hydrogen (secondary N) is 2. The lowest BCUT2D eigenvalue weighted by Gasteiger charge is -2.21. The molecule has 0 radical (unpaired) electrons. The van der Waals surface area contributed by atoms with Crippen molar-refractivity contribution in [2.45, 2.75) is 154 Å². The summed E-state index contributed by atoms with van der Waals surface area (Å²) >= 11 is 1.03. The van der Waals surface area contributed by atoms with Crippen LogP contribution in [-0.4, -0.2) is 122 Å². The monoisotopic (exact) mass is 818 g/mol. The number of nitrogens with zero attached hydrogens (tertiary/aromatic N) is 1. The van der Waals surface area contributed by atoms with E-state index in [2.05, 4.69) is 29.4 Å². The van der Waals surface area contributed by atoms with E-state index in [4.69, 9.17) is 35.6 Å². The molecule has 2 unspecified atom stereocenters. The molecule has 0 aliphatic carbocycles. The Labute approximate surface area is 342 Å². The van der Waals surface area contributed by atoms with Crippen LogP contribution in [0.4, 0.5) is 0 Å². The molecule has 0 fully saturated rings. The van der Waals surface area contributed by atoms with Crippen molar-refractivity contribution in [1.82, 2.24) is 15.6 Å². The van der Waals surface area contributed by atoms with Gasteiger partial charge < -0.3 is 55.6 Å². The van der Waals surface area contributed by atoms with Gasteiger partial charge in [0.2, 0.25) is 17.4 Å². The number of rotatable bonds is 40. The number of aliphatic hydroxyl groups excluding tert-OH is 3. The number of aliphatic hydroxyl groups is 3. The molecule has 0 aliphatic heterocycles. The number of hydrogen-bond donors (Lipinski definition) is 7. The van der Waals surface area contributed by atoms with Gasteiger partial charge in [0.1, 0.15) is 12.7 Å². The summed E-state index contributed by atoms with van der Waals surface area (Å²) in [5, 5.41) is 35.2. The first-order valence-electron chi connectivity index (χ1n) is 21.1. The van der Waals surface area contributed by atoms with E-state index in [1.165, 1.54) is 89.0 Å². The summed E-state index contributed by atoms with van der Waals surface area (Å²) in [5.41, 5.74) is 5.25. The van der Waals surface area contributed by atoms with Crippen LogP contribution in [0.25, 0.3) is 0 Å². The average molecular weight is 818 g/mol. The van der Waals surface area contributed by atoms with Crippen molar-refractivity contribution in [1.29, 1.82) is 0 Å². The Kier molecular flexibility index (Phi) is 39.5. The first kappa shape index (κ1) is 53.9. The molecule has 0 spiro atoms. The first-order chi connectivity index (χ1) is 27.2. The van der Waals surface area contributed by atoms with Crippen LogP contribution >= 0.6 is 11.8 Å². The highest BCUT2D eigenvalue weighted by Crippen LogP contribution is 2.13. The second-order valence-corrected chi connectivity index (χ2v) is 15.2. The van der Waals surface area contributed by atoms with Gasteiger partial charge in [-0.25, -0.2) is 5.84 Å². The zero-order valence-electron chi connectivity index (χ0n) is 34.8. The molecule has 0 heterocycles. The van der Waals surface area contributed by atoms with Crippen molar-refractivity contribution >= 4 is 23.6 Å². The van der Waals surface area contributed by atoms with Gasteiger partial charge in [0.15, 0.2) is 0 Å². The number of nitrogens with two attached hydrogens (primary N) is 2. The summed E-state index contributed by atoms with van der Waals surface area (Å²) in [5.74, 6) is 12.7. The molecule has 15 heteroatoms. The summed E-state index contributed by atoms with van der Waals surface area (Å²) in [7, 11) is 0. The molecule has 0 saturated carbocycles. The smallest absolute Gasteiger partial charge is 0.246 e. The minimum absolute atomic E-state index is 0.0123. The lowest BCUT2D eigenvalue weighted by Crippen LogP contribution is -2.34. The summed E-state index contributed by atoms with van der Waals surface area (Å²) in [6, 6.07) is 0. The lowest BCUT2D eigenvalue weighted by molar-refractivity contribution is -0.129. The molecule has 9 N–H and O–H groups in total. The SMILES string of the molecule is CCCCCCCCCCCCC#CCCCCCCCCC(=O)NC/C(N)=C/N(N)CCOCCOCCOCC(=O)NCCSC(O)OC(CO)[C@H](C)O. The van der Waals surface area contributed by atoms with E-state index in [0.717, 1.165) is 50.3 Å². The molecule has 0 saturated heterocycles. The van der Waals surface area contributed by atoms with Crippen LogP contribution in [0.1, 0.15) is 136 Å². The largest absolute Gasteiger partial charge is 0.399 e. The van der Waals surface area contributed by atoms with Crippen LogP contribution in [0.15, 0.2) is 11.9 Å². The second-order valence-electron chi connectivity index (χ2n) is 14.0. The van der Waals surface area contributed by atoms with Gasteiger partial charge in [-0.3, -0.25) is 9.59 Å². The number of carbonyl (C=O) groups excluding carboxylic acids is 2.